The van der Waals surface area contributed by atoms with E-state index >= 15 is 0 Å². The molecular weight excluding hydrogens is 344 g/mol. The Hall–Kier alpha value is -1.69. The highest BCUT2D eigenvalue weighted by molar-refractivity contribution is 7.91. The molecular formula is C21H28N2O2S. The van der Waals surface area contributed by atoms with Gasteiger partial charge in [0.2, 0.25) is 0 Å². The molecule has 3 rings (SSSR count). The van der Waals surface area contributed by atoms with Gasteiger partial charge in [-0.25, -0.2) is 8.42 Å². The van der Waals surface area contributed by atoms with Gasteiger partial charge in [-0.1, -0.05) is 49.4 Å². The first-order valence-corrected chi connectivity index (χ1v) is 11.0. The first kappa shape index (κ1) is 19.1. The van der Waals surface area contributed by atoms with Gasteiger partial charge in [-0.3, -0.25) is 0 Å². The van der Waals surface area contributed by atoms with Crippen molar-refractivity contribution >= 4 is 9.84 Å². The maximum absolute atomic E-state index is 12.1. The average molecular weight is 373 g/mol. The summed E-state index contributed by atoms with van der Waals surface area (Å²) in [7, 11) is -0.983. The van der Waals surface area contributed by atoms with E-state index in [1.165, 1.54) is 18.4 Å². The molecule has 2 aromatic carbocycles. The molecule has 1 aliphatic heterocycles. The SMILES string of the molecule is CCS(=O)(=O)c1ccc([C@@H](NC[C@H]2CCCN2C)c2ccccc2)cc1. The minimum Gasteiger partial charge on any atom is -0.305 e. The van der Waals surface area contributed by atoms with Crippen molar-refractivity contribution in [2.45, 2.75) is 36.7 Å². The van der Waals surface area contributed by atoms with E-state index in [0.29, 0.717) is 10.9 Å². The van der Waals surface area contributed by atoms with Crippen molar-refractivity contribution in [3.63, 3.8) is 0 Å². The highest BCUT2D eigenvalue weighted by Gasteiger charge is 2.23. The van der Waals surface area contributed by atoms with Crippen molar-refractivity contribution in [3.8, 4) is 0 Å². The number of nitrogens with one attached hydrogen (secondary N) is 1. The Kier molecular flexibility index (Phi) is 6.12. The smallest absolute Gasteiger partial charge is 0.178 e. The third-order valence-electron chi connectivity index (χ3n) is 5.31. The topological polar surface area (TPSA) is 49.4 Å². The van der Waals surface area contributed by atoms with Gasteiger partial charge in [0.25, 0.3) is 0 Å². The maximum atomic E-state index is 12.1. The van der Waals surface area contributed by atoms with Crippen LogP contribution in [0, 0.1) is 0 Å². The van der Waals surface area contributed by atoms with Crippen LogP contribution in [0.3, 0.4) is 0 Å². The number of hydrogen-bond acceptors (Lipinski definition) is 4. The van der Waals surface area contributed by atoms with E-state index in [2.05, 4.69) is 29.4 Å². The second-order valence-corrected chi connectivity index (χ2v) is 9.28. The Morgan fingerprint density at radius 3 is 2.31 bits per heavy atom. The van der Waals surface area contributed by atoms with Gasteiger partial charge in [0, 0.05) is 12.6 Å². The predicted molar refractivity (Wildman–Crippen MR) is 106 cm³/mol. The van der Waals surface area contributed by atoms with Crippen molar-refractivity contribution < 1.29 is 8.42 Å². The summed E-state index contributed by atoms with van der Waals surface area (Å²) in [6, 6.07) is 18.3. The number of rotatable bonds is 7. The van der Waals surface area contributed by atoms with E-state index in [0.717, 1.165) is 18.7 Å². The first-order valence-electron chi connectivity index (χ1n) is 9.32. The van der Waals surface area contributed by atoms with Crippen LogP contribution in [0.15, 0.2) is 59.5 Å². The summed E-state index contributed by atoms with van der Waals surface area (Å²) in [5, 5.41) is 3.71. The summed E-state index contributed by atoms with van der Waals surface area (Å²) in [6.45, 7) is 3.76. The molecule has 1 saturated heterocycles. The molecule has 26 heavy (non-hydrogen) atoms. The lowest BCUT2D eigenvalue weighted by Gasteiger charge is -2.25. The molecule has 1 N–H and O–H groups in total. The molecule has 0 spiro atoms. The summed E-state index contributed by atoms with van der Waals surface area (Å²) in [5.41, 5.74) is 2.28. The molecule has 0 radical (unpaired) electrons. The molecule has 1 fully saturated rings. The van der Waals surface area contributed by atoms with Gasteiger partial charge in [-0.05, 0) is 49.7 Å². The molecule has 1 heterocycles. The lowest BCUT2D eigenvalue weighted by molar-refractivity contribution is 0.295. The van der Waals surface area contributed by atoms with Gasteiger partial charge in [0.1, 0.15) is 0 Å². The number of nitrogens with zero attached hydrogens (tertiary/aromatic N) is 1. The van der Waals surface area contributed by atoms with Gasteiger partial charge in [-0.15, -0.1) is 0 Å². The fourth-order valence-electron chi connectivity index (χ4n) is 3.60. The van der Waals surface area contributed by atoms with Crippen molar-refractivity contribution in [3.05, 3.63) is 65.7 Å². The second-order valence-electron chi connectivity index (χ2n) is 7.00. The number of sulfone groups is 1. The highest BCUT2D eigenvalue weighted by Crippen LogP contribution is 2.25. The van der Waals surface area contributed by atoms with Gasteiger partial charge < -0.3 is 10.2 Å². The van der Waals surface area contributed by atoms with Crippen LogP contribution in [0.5, 0.6) is 0 Å². The minimum absolute atomic E-state index is 0.0589. The predicted octanol–water partition coefficient (Wildman–Crippen LogP) is 3.25. The first-order chi connectivity index (χ1) is 12.5. The third kappa shape index (κ3) is 4.34. The van der Waals surface area contributed by atoms with E-state index in [9.17, 15) is 8.42 Å². The minimum atomic E-state index is -3.17. The van der Waals surface area contributed by atoms with Gasteiger partial charge in [0.15, 0.2) is 9.84 Å². The molecule has 0 aliphatic carbocycles. The van der Waals surface area contributed by atoms with Crippen molar-refractivity contribution in [1.82, 2.24) is 10.2 Å². The molecule has 0 amide bonds. The van der Waals surface area contributed by atoms with Crippen LogP contribution in [0.25, 0.3) is 0 Å². The second kappa shape index (κ2) is 8.33. The van der Waals surface area contributed by atoms with E-state index in [4.69, 9.17) is 0 Å². The number of benzene rings is 2. The van der Waals surface area contributed by atoms with Crippen LogP contribution in [0.2, 0.25) is 0 Å². The van der Waals surface area contributed by atoms with Gasteiger partial charge in [0.05, 0.1) is 16.7 Å². The highest BCUT2D eigenvalue weighted by atomic mass is 32.2. The molecule has 2 aromatic rings. The number of likely N-dealkylation sites (tertiary alicyclic amines) is 1. The summed E-state index contributed by atoms with van der Waals surface area (Å²) < 4.78 is 24.1. The summed E-state index contributed by atoms with van der Waals surface area (Å²) in [6.07, 6.45) is 2.47. The zero-order valence-corrected chi connectivity index (χ0v) is 16.4. The van der Waals surface area contributed by atoms with Crippen LogP contribution in [-0.4, -0.2) is 45.2 Å². The third-order valence-corrected chi connectivity index (χ3v) is 7.07. The molecule has 1 aliphatic rings. The fourth-order valence-corrected chi connectivity index (χ4v) is 4.48. The zero-order chi connectivity index (χ0) is 18.6. The molecule has 5 heteroatoms. The van der Waals surface area contributed by atoms with Crippen molar-refractivity contribution in [2.24, 2.45) is 0 Å². The summed E-state index contributed by atoms with van der Waals surface area (Å²) >= 11 is 0. The Bertz CT molecular complexity index is 804. The number of hydrogen-bond donors (Lipinski definition) is 1. The number of likely N-dealkylation sites (N-methyl/N-ethyl adjacent to an activating group) is 1. The Morgan fingerprint density at radius 1 is 1.08 bits per heavy atom. The molecule has 0 aromatic heterocycles. The summed E-state index contributed by atoms with van der Waals surface area (Å²) in [4.78, 5) is 2.80. The molecule has 0 unspecified atom stereocenters. The monoisotopic (exact) mass is 372 g/mol. The van der Waals surface area contributed by atoms with E-state index < -0.39 is 9.84 Å². The van der Waals surface area contributed by atoms with Crippen LogP contribution in [0.4, 0.5) is 0 Å². The quantitative estimate of drug-likeness (QED) is 0.810. The average Bonchev–Trinajstić information content (AvgIpc) is 3.08. The summed E-state index contributed by atoms with van der Waals surface area (Å²) in [5.74, 6) is 0.126. The van der Waals surface area contributed by atoms with E-state index in [1.54, 1.807) is 19.1 Å². The lowest BCUT2D eigenvalue weighted by atomic mass is 9.98. The lowest BCUT2D eigenvalue weighted by Crippen LogP contribution is -2.37. The molecule has 2 atom stereocenters. The molecule has 0 bridgehead atoms. The maximum Gasteiger partial charge on any atom is 0.178 e. The molecule has 140 valence electrons. The van der Waals surface area contributed by atoms with Crippen LogP contribution in [0.1, 0.15) is 36.9 Å². The van der Waals surface area contributed by atoms with Crippen molar-refractivity contribution in [1.29, 1.82) is 0 Å². The zero-order valence-electron chi connectivity index (χ0n) is 15.6. The normalized spacial score (nSPS) is 19.5. The standard InChI is InChI=1S/C21H28N2O2S/c1-3-26(24,25)20-13-11-18(12-14-20)21(17-8-5-4-6-9-17)22-16-19-10-7-15-23(19)2/h4-6,8-9,11-14,19,21-22H,3,7,10,15-16H2,1-2H3/t19-,21+/m1/s1. The Balaban J connectivity index is 1.83. The molecule has 4 nitrogen and oxygen atoms in total. The van der Waals surface area contributed by atoms with Crippen LogP contribution in [-0.2, 0) is 9.84 Å². The molecule has 0 saturated carbocycles. The van der Waals surface area contributed by atoms with E-state index in [-0.39, 0.29) is 11.8 Å². The Labute approximate surface area is 157 Å². The van der Waals surface area contributed by atoms with Gasteiger partial charge in [-0.2, -0.15) is 0 Å². The van der Waals surface area contributed by atoms with Gasteiger partial charge >= 0.3 is 0 Å². The Morgan fingerprint density at radius 2 is 1.73 bits per heavy atom. The van der Waals surface area contributed by atoms with Crippen LogP contribution < -0.4 is 5.32 Å². The van der Waals surface area contributed by atoms with Crippen LogP contribution >= 0.6 is 0 Å². The van der Waals surface area contributed by atoms with Crippen molar-refractivity contribution in [2.75, 3.05) is 25.9 Å². The fraction of sp³-hybridized carbons (Fsp3) is 0.429. The largest absolute Gasteiger partial charge is 0.305 e. The van der Waals surface area contributed by atoms with E-state index in [1.807, 2.05) is 30.3 Å².